The molecule has 5 nitrogen and oxygen atoms in total. The first-order chi connectivity index (χ1) is 13.1. The smallest absolute Gasteiger partial charge is 0.244 e. The number of aromatic amines is 1. The molecule has 0 fully saturated rings. The van der Waals surface area contributed by atoms with E-state index in [4.69, 9.17) is 12.2 Å². The number of nitrogens with one attached hydrogen (secondary N) is 2. The van der Waals surface area contributed by atoms with Crippen molar-refractivity contribution < 1.29 is 4.79 Å². The van der Waals surface area contributed by atoms with Gasteiger partial charge in [-0.05, 0) is 62.0 Å². The third kappa shape index (κ3) is 3.71. The number of benzene rings is 2. The highest BCUT2D eigenvalue weighted by molar-refractivity contribution is 7.71. The molecule has 138 valence electrons. The minimum absolute atomic E-state index is 0.0974. The van der Waals surface area contributed by atoms with E-state index in [0.717, 1.165) is 24.1 Å². The number of fused-ring (bicyclic) bond motifs is 1. The molecule has 2 aromatic carbocycles. The lowest BCUT2D eigenvalue weighted by Crippen LogP contribution is -2.21. The van der Waals surface area contributed by atoms with Crippen LogP contribution >= 0.6 is 12.2 Å². The van der Waals surface area contributed by atoms with E-state index in [9.17, 15) is 4.79 Å². The molecule has 1 amide bonds. The van der Waals surface area contributed by atoms with Crippen LogP contribution in [-0.4, -0.2) is 20.7 Å². The molecular formula is C21H22N4OS. The summed E-state index contributed by atoms with van der Waals surface area (Å²) in [6.45, 7) is 2.16. The molecule has 27 heavy (non-hydrogen) atoms. The Labute approximate surface area is 163 Å². The summed E-state index contributed by atoms with van der Waals surface area (Å²) >= 11 is 5.34. The van der Waals surface area contributed by atoms with Gasteiger partial charge in [-0.25, -0.2) is 0 Å². The summed E-state index contributed by atoms with van der Waals surface area (Å²) in [5, 5.41) is 10.2. The number of hydrogen-bond acceptors (Lipinski definition) is 3. The molecule has 1 aliphatic carbocycles. The number of aryl methyl sites for hydroxylation is 2. The average molecular weight is 379 g/mol. The number of carbonyl (C=O) groups is 1. The molecule has 3 aromatic rings. The highest BCUT2D eigenvalue weighted by atomic mass is 32.1. The maximum atomic E-state index is 12.7. The lowest BCUT2D eigenvalue weighted by molar-refractivity contribution is -0.116. The second-order valence-electron chi connectivity index (χ2n) is 7.00. The molecule has 4 rings (SSSR count). The van der Waals surface area contributed by atoms with Crippen LogP contribution in [0.1, 0.15) is 29.5 Å². The molecule has 0 saturated carbocycles. The van der Waals surface area contributed by atoms with E-state index in [1.165, 1.54) is 29.5 Å². The van der Waals surface area contributed by atoms with E-state index < -0.39 is 0 Å². The first-order valence-corrected chi connectivity index (χ1v) is 9.65. The number of nitrogens with zero attached hydrogens (tertiary/aromatic N) is 2. The summed E-state index contributed by atoms with van der Waals surface area (Å²) in [6.07, 6.45) is 4.49. The van der Waals surface area contributed by atoms with Crippen LogP contribution in [0.5, 0.6) is 0 Å². The first-order valence-electron chi connectivity index (χ1n) is 9.24. The first kappa shape index (κ1) is 17.7. The molecule has 0 bridgehead atoms. The second kappa shape index (κ2) is 7.48. The third-order valence-electron chi connectivity index (χ3n) is 5.04. The Hall–Kier alpha value is -2.73. The Balaban J connectivity index is 1.57. The zero-order valence-electron chi connectivity index (χ0n) is 15.3. The van der Waals surface area contributed by atoms with Crippen LogP contribution < -0.4 is 5.32 Å². The van der Waals surface area contributed by atoms with Crippen LogP contribution in [0.2, 0.25) is 0 Å². The molecule has 0 aliphatic heterocycles. The van der Waals surface area contributed by atoms with Crippen LogP contribution in [0.15, 0.2) is 42.5 Å². The normalized spacial score (nSPS) is 13.2. The number of rotatable bonds is 4. The minimum atomic E-state index is -0.0974. The van der Waals surface area contributed by atoms with E-state index in [-0.39, 0.29) is 12.5 Å². The molecule has 0 radical (unpaired) electrons. The molecule has 0 unspecified atom stereocenters. The van der Waals surface area contributed by atoms with Gasteiger partial charge in [-0.1, -0.05) is 42.0 Å². The quantitative estimate of drug-likeness (QED) is 0.660. The summed E-state index contributed by atoms with van der Waals surface area (Å²) in [5.74, 6) is 0.574. The number of H-pyrrole nitrogens is 1. The fourth-order valence-corrected chi connectivity index (χ4v) is 3.82. The standard InChI is InChI=1S/C21H22N4OS/c1-14-9-11-16(12-10-14)20-23-24-21(27)25(20)13-19(26)22-18-8-4-6-15-5-2-3-7-17(15)18/h4,6,8-12H,2-3,5,7,13H2,1H3,(H,22,26)(H,24,27). The Morgan fingerprint density at radius 1 is 1.19 bits per heavy atom. The number of anilines is 1. The highest BCUT2D eigenvalue weighted by Crippen LogP contribution is 2.28. The third-order valence-corrected chi connectivity index (χ3v) is 5.35. The summed E-state index contributed by atoms with van der Waals surface area (Å²) in [4.78, 5) is 12.7. The lowest BCUT2D eigenvalue weighted by Gasteiger charge is -2.19. The van der Waals surface area contributed by atoms with Gasteiger partial charge in [0.2, 0.25) is 5.91 Å². The minimum Gasteiger partial charge on any atom is -0.324 e. The second-order valence-corrected chi connectivity index (χ2v) is 7.39. The summed E-state index contributed by atoms with van der Waals surface area (Å²) < 4.78 is 2.18. The molecule has 0 saturated heterocycles. The van der Waals surface area contributed by atoms with Crippen molar-refractivity contribution in [1.82, 2.24) is 14.8 Å². The largest absolute Gasteiger partial charge is 0.324 e. The van der Waals surface area contributed by atoms with Gasteiger partial charge in [0.05, 0.1) is 0 Å². The number of carbonyl (C=O) groups excluding carboxylic acids is 1. The van der Waals surface area contributed by atoms with Crippen LogP contribution in [0, 0.1) is 11.7 Å². The van der Waals surface area contributed by atoms with Crippen LogP contribution in [0.3, 0.4) is 0 Å². The molecule has 1 aliphatic rings. The van der Waals surface area contributed by atoms with Gasteiger partial charge >= 0.3 is 0 Å². The molecule has 6 heteroatoms. The van der Waals surface area contributed by atoms with Crippen molar-refractivity contribution >= 4 is 23.8 Å². The fourth-order valence-electron chi connectivity index (χ4n) is 3.62. The van der Waals surface area contributed by atoms with Crippen LogP contribution in [0.25, 0.3) is 11.4 Å². The summed E-state index contributed by atoms with van der Waals surface area (Å²) in [6, 6.07) is 14.2. The van der Waals surface area contributed by atoms with Crippen molar-refractivity contribution in [2.75, 3.05) is 5.32 Å². The van der Waals surface area contributed by atoms with E-state index in [2.05, 4.69) is 21.6 Å². The van der Waals surface area contributed by atoms with Gasteiger partial charge in [-0.15, -0.1) is 0 Å². The fraction of sp³-hybridized carbons (Fsp3) is 0.286. The number of amides is 1. The predicted molar refractivity (Wildman–Crippen MR) is 109 cm³/mol. The Morgan fingerprint density at radius 2 is 1.96 bits per heavy atom. The van der Waals surface area contributed by atoms with Gasteiger partial charge in [-0.2, -0.15) is 5.10 Å². The maximum Gasteiger partial charge on any atom is 0.244 e. The highest BCUT2D eigenvalue weighted by Gasteiger charge is 2.16. The van der Waals surface area contributed by atoms with Gasteiger partial charge in [0.15, 0.2) is 10.6 Å². The Morgan fingerprint density at radius 3 is 2.78 bits per heavy atom. The summed E-state index contributed by atoms with van der Waals surface area (Å²) in [7, 11) is 0. The van der Waals surface area contributed by atoms with Gasteiger partial charge in [0.25, 0.3) is 0 Å². The van der Waals surface area contributed by atoms with Crippen molar-refractivity contribution in [3.05, 3.63) is 63.9 Å². The van der Waals surface area contributed by atoms with Crippen molar-refractivity contribution in [2.45, 2.75) is 39.2 Å². The number of hydrogen-bond donors (Lipinski definition) is 2. The zero-order chi connectivity index (χ0) is 18.8. The Kier molecular flexibility index (Phi) is 4.90. The summed E-state index contributed by atoms with van der Waals surface area (Å²) in [5.41, 5.74) is 5.64. The molecule has 1 aromatic heterocycles. The van der Waals surface area contributed by atoms with Gasteiger partial charge in [0, 0.05) is 11.3 Å². The van der Waals surface area contributed by atoms with Crippen molar-refractivity contribution in [3.63, 3.8) is 0 Å². The van der Waals surface area contributed by atoms with E-state index in [1.807, 2.05) is 43.3 Å². The van der Waals surface area contributed by atoms with E-state index >= 15 is 0 Å². The number of aromatic nitrogens is 3. The van der Waals surface area contributed by atoms with Gasteiger partial charge in [0.1, 0.15) is 6.54 Å². The topological polar surface area (TPSA) is 62.7 Å². The molecule has 2 N–H and O–H groups in total. The monoisotopic (exact) mass is 378 g/mol. The molecule has 1 heterocycles. The maximum absolute atomic E-state index is 12.7. The zero-order valence-corrected chi connectivity index (χ0v) is 16.1. The molecule has 0 atom stereocenters. The van der Waals surface area contributed by atoms with Gasteiger partial charge < -0.3 is 5.32 Å². The van der Waals surface area contributed by atoms with Crippen molar-refractivity contribution in [3.8, 4) is 11.4 Å². The van der Waals surface area contributed by atoms with Crippen molar-refractivity contribution in [1.29, 1.82) is 0 Å². The Bertz CT molecular complexity index is 1030. The van der Waals surface area contributed by atoms with Gasteiger partial charge in [-0.3, -0.25) is 14.5 Å². The SMILES string of the molecule is Cc1ccc(-c2n[nH]c(=S)n2CC(=O)Nc2cccc3c2CCCC3)cc1. The van der Waals surface area contributed by atoms with E-state index in [0.29, 0.717) is 10.6 Å². The van der Waals surface area contributed by atoms with Crippen LogP contribution in [-0.2, 0) is 24.2 Å². The predicted octanol–water partition coefficient (Wildman–Crippen LogP) is 4.43. The van der Waals surface area contributed by atoms with Crippen molar-refractivity contribution in [2.24, 2.45) is 0 Å². The lowest BCUT2D eigenvalue weighted by atomic mass is 9.90. The van der Waals surface area contributed by atoms with Crippen LogP contribution in [0.4, 0.5) is 5.69 Å². The van der Waals surface area contributed by atoms with E-state index in [1.54, 1.807) is 4.57 Å². The average Bonchev–Trinajstić information content (AvgIpc) is 3.03. The molecule has 0 spiro atoms. The molecular weight excluding hydrogens is 356 g/mol.